The second-order valence-corrected chi connectivity index (χ2v) is 3.63. The molecular weight excluding hydrogens is 150 g/mol. The minimum absolute atomic E-state index is 0.444. The summed E-state index contributed by atoms with van der Waals surface area (Å²) >= 11 is 0. The predicted molar refractivity (Wildman–Crippen MR) is 51.9 cm³/mol. The van der Waals surface area contributed by atoms with Crippen LogP contribution in [0.3, 0.4) is 0 Å². The molecule has 0 bridgehead atoms. The fourth-order valence-corrected chi connectivity index (χ4v) is 1.16. The second-order valence-electron chi connectivity index (χ2n) is 3.63. The quantitative estimate of drug-likeness (QED) is 0.475. The molecular formula is C10H19NO. The lowest BCUT2D eigenvalue weighted by atomic mass is 10.2. The van der Waals surface area contributed by atoms with Gasteiger partial charge in [0.1, 0.15) is 6.29 Å². The molecule has 0 saturated carbocycles. The molecule has 0 atom stereocenters. The molecule has 0 fully saturated rings. The van der Waals surface area contributed by atoms with Crippen molar-refractivity contribution in [2.75, 3.05) is 0 Å². The van der Waals surface area contributed by atoms with E-state index in [1.54, 1.807) is 0 Å². The van der Waals surface area contributed by atoms with E-state index in [-0.39, 0.29) is 0 Å². The number of nitrogens with zero attached hydrogens (tertiary/aromatic N) is 1. The molecule has 0 N–H and O–H groups in total. The van der Waals surface area contributed by atoms with Crippen LogP contribution in [0, 0.1) is 0 Å². The van der Waals surface area contributed by atoms with Crippen LogP contribution in [0.1, 0.15) is 34.6 Å². The molecule has 0 aromatic carbocycles. The van der Waals surface area contributed by atoms with Gasteiger partial charge in [0.05, 0.1) is 0 Å². The molecule has 2 heteroatoms. The zero-order valence-electron chi connectivity index (χ0n) is 8.66. The number of rotatable bonds is 4. The largest absolute Gasteiger partial charge is 0.372 e. The summed E-state index contributed by atoms with van der Waals surface area (Å²) in [6, 6.07) is 0.889. The van der Waals surface area contributed by atoms with E-state index in [0.717, 1.165) is 11.9 Å². The molecule has 2 nitrogen and oxygen atoms in total. The van der Waals surface area contributed by atoms with Gasteiger partial charge in [-0.25, -0.2) is 0 Å². The van der Waals surface area contributed by atoms with E-state index in [2.05, 4.69) is 32.6 Å². The minimum Gasteiger partial charge on any atom is -0.372 e. The Morgan fingerprint density at radius 2 is 1.58 bits per heavy atom. The monoisotopic (exact) mass is 169 g/mol. The van der Waals surface area contributed by atoms with Crippen molar-refractivity contribution >= 4 is 6.29 Å². The first-order valence-corrected chi connectivity index (χ1v) is 4.40. The first-order valence-electron chi connectivity index (χ1n) is 4.40. The normalized spacial score (nSPS) is 12.4. The van der Waals surface area contributed by atoms with Crippen LogP contribution in [0.15, 0.2) is 11.8 Å². The first-order chi connectivity index (χ1) is 5.49. The number of hydrogen-bond acceptors (Lipinski definition) is 2. The van der Waals surface area contributed by atoms with Gasteiger partial charge in [-0.05, 0) is 34.6 Å². The number of allylic oxidation sites excluding steroid dienone is 1. The zero-order valence-corrected chi connectivity index (χ0v) is 8.66. The van der Waals surface area contributed by atoms with Crippen LogP contribution in [0.2, 0.25) is 0 Å². The molecule has 0 aromatic heterocycles. The highest BCUT2D eigenvalue weighted by Crippen LogP contribution is 2.07. The molecule has 0 heterocycles. The first kappa shape index (κ1) is 11.2. The standard InChI is InChI=1S/C10H19NO/c1-8(2)11(9(3)4)6-10(5)7-12/h6-9H,1-5H3. The third kappa shape index (κ3) is 3.56. The molecule has 0 aliphatic carbocycles. The Labute approximate surface area is 75.3 Å². The van der Waals surface area contributed by atoms with Crippen LogP contribution in [-0.2, 0) is 4.79 Å². The Hall–Kier alpha value is -0.790. The van der Waals surface area contributed by atoms with Gasteiger partial charge in [0.2, 0.25) is 0 Å². The molecule has 0 unspecified atom stereocenters. The highest BCUT2D eigenvalue weighted by molar-refractivity contribution is 5.71. The van der Waals surface area contributed by atoms with E-state index in [1.165, 1.54) is 0 Å². The average Bonchev–Trinajstić information content (AvgIpc) is 1.98. The fraction of sp³-hybridized carbons (Fsp3) is 0.700. The summed E-state index contributed by atoms with van der Waals surface area (Å²) in [5.74, 6) is 0. The lowest BCUT2D eigenvalue weighted by Crippen LogP contribution is -2.32. The van der Waals surface area contributed by atoms with Crippen LogP contribution in [0.25, 0.3) is 0 Å². The molecule has 0 radical (unpaired) electrons. The maximum absolute atomic E-state index is 10.4. The van der Waals surface area contributed by atoms with Gasteiger partial charge in [-0.3, -0.25) is 4.79 Å². The molecule has 0 saturated heterocycles. The summed E-state index contributed by atoms with van der Waals surface area (Å²) in [7, 11) is 0. The SMILES string of the molecule is CC(C=O)=CN(C(C)C)C(C)C. The fourth-order valence-electron chi connectivity index (χ4n) is 1.16. The summed E-state index contributed by atoms with van der Waals surface area (Å²) in [6.07, 6.45) is 2.81. The van der Waals surface area contributed by atoms with Gasteiger partial charge in [0.15, 0.2) is 0 Å². The second kappa shape index (κ2) is 4.96. The van der Waals surface area contributed by atoms with E-state index in [4.69, 9.17) is 0 Å². The Bertz CT molecular complexity index is 163. The molecule has 12 heavy (non-hydrogen) atoms. The Morgan fingerprint density at radius 1 is 1.17 bits per heavy atom. The van der Waals surface area contributed by atoms with Crippen molar-refractivity contribution in [1.82, 2.24) is 4.90 Å². The van der Waals surface area contributed by atoms with Crippen molar-refractivity contribution < 1.29 is 4.79 Å². The number of aldehydes is 1. The zero-order chi connectivity index (χ0) is 9.72. The average molecular weight is 169 g/mol. The van der Waals surface area contributed by atoms with Crippen molar-refractivity contribution in [2.24, 2.45) is 0 Å². The van der Waals surface area contributed by atoms with Crippen molar-refractivity contribution in [2.45, 2.75) is 46.7 Å². The predicted octanol–water partition coefficient (Wildman–Crippen LogP) is 2.21. The van der Waals surface area contributed by atoms with E-state index < -0.39 is 0 Å². The van der Waals surface area contributed by atoms with Gasteiger partial charge < -0.3 is 4.90 Å². The number of hydrogen-bond donors (Lipinski definition) is 0. The molecule has 0 aliphatic rings. The molecule has 0 aliphatic heterocycles. The number of carbonyl (C=O) groups is 1. The number of carbonyl (C=O) groups excluding carboxylic acids is 1. The van der Waals surface area contributed by atoms with Crippen LogP contribution >= 0.6 is 0 Å². The Balaban J connectivity index is 4.42. The Kier molecular flexibility index (Phi) is 4.64. The highest BCUT2D eigenvalue weighted by atomic mass is 16.1. The van der Waals surface area contributed by atoms with Gasteiger partial charge >= 0.3 is 0 Å². The van der Waals surface area contributed by atoms with Crippen LogP contribution in [-0.4, -0.2) is 23.3 Å². The smallest absolute Gasteiger partial charge is 0.147 e. The van der Waals surface area contributed by atoms with Crippen LogP contribution in [0.4, 0.5) is 0 Å². The van der Waals surface area contributed by atoms with E-state index in [1.807, 2.05) is 13.1 Å². The maximum Gasteiger partial charge on any atom is 0.147 e. The van der Waals surface area contributed by atoms with Gasteiger partial charge in [0.25, 0.3) is 0 Å². The highest BCUT2D eigenvalue weighted by Gasteiger charge is 2.08. The molecule has 0 spiro atoms. The minimum atomic E-state index is 0.444. The van der Waals surface area contributed by atoms with Crippen molar-refractivity contribution in [3.63, 3.8) is 0 Å². The summed E-state index contributed by atoms with van der Waals surface area (Å²) in [5, 5.41) is 0. The van der Waals surface area contributed by atoms with E-state index in [9.17, 15) is 4.79 Å². The topological polar surface area (TPSA) is 20.3 Å². The van der Waals surface area contributed by atoms with Gasteiger partial charge in [-0.15, -0.1) is 0 Å². The Morgan fingerprint density at radius 3 is 1.83 bits per heavy atom. The third-order valence-electron chi connectivity index (χ3n) is 1.73. The van der Waals surface area contributed by atoms with Gasteiger partial charge in [-0.2, -0.15) is 0 Å². The summed E-state index contributed by atoms with van der Waals surface area (Å²) in [5.41, 5.74) is 0.775. The lowest BCUT2D eigenvalue weighted by Gasteiger charge is -2.29. The van der Waals surface area contributed by atoms with Crippen molar-refractivity contribution in [3.8, 4) is 0 Å². The summed E-state index contributed by atoms with van der Waals surface area (Å²) in [4.78, 5) is 12.6. The lowest BCUT2D eigenvalue weighted by molar-refractivity contribution is -0.104. The van der Waals surface area contributed by atoms with Crippen molar-refractivity contribution in [3.05, 3.63) is 11.8 Å². The molecule has 70 valence electrons. The van der Waals surface area contributed by atoms with Crippen LogP contribution < -0.4 is 0 Å². The van der Waals surface area contributed by atoms with E-state index in [0.29, 0.717) is 12.1 Å². The maximum atomic E-state index is 10.4. The van der Waals surface area contributed by atoms with E-state index >= 15 is 0 Å². The van der Waals surface area contributed by atoms with Gasteiger partial charge in [0, 0.05) is 23.9 Å². The molecule has 0 rings (SSSR count). The molecule has 0 aromatic rings. The summed E-state index contributed by atoms with van der Waals surface area (Å²) < 4.78 is 0. The van der Waals surface area contributed by atoms with Gasteiger partial charge in [-0.1, -0.05) is 0 Å². The van der Waals surface area contributed by atoms with Crippen molar-refractivity contribution in [1.29, 1.82) is 0 Å². The third-order valence-corrected chi connectivity index (χ3v) is 1.73. The summed E-state index contributed by atoms with van der Waals surface area (Å²) in [6.45, 7) is 10.3. The van der Waals surface area contributed by atoms with Crippen LogP contribution in [0.5, 0.6) is 0 Å². The molecule has 0 amide bonds.